The highest BCUT2D eigenvalue weighted by atomic mass is 35.5. The second-order valence-corrected chi connectivity index (χ2v) is 9.67. The first-order valence-electron chi connectivity index (χ1n) is 10.8. The largest absolute Gasteiger partial charge is 0.354 e. The van der Waals surface area contributed by atoms with Crippen LogP contribution < -0.4 is 11.1 Å². The smallest absolute Gasteiger partial charge is 0.223 e. The first-order chi connectivity index (χ1) is 12.6. The predicted octanol–water partition coefficient (Wildman–Crippen LogP) is 2.86. The van der Waals surface area contributed by atoms with Gasteiger partial charge in [-0.15, -0.1) is 12.4 Å². The summed E-state index contributed by atoms with van der Waals surface area (Å²) in [6, 6.07) is 0.173. The Morgan fingerprint density at radius 3 is 2.26 bits per heavy atom. The Morgan fingerprint density at radius 2 is 1.67 bits per heavy atom. The van der Waals surface area contributed by atoms with Gasteiger partial charge in [0.1, 0.15) is 0 Å². The maximum absolute atomic E-state index is 13.3. The van der Waals surface area contributed by atoms with Crippen molar-refractivity contribution in [3.8, 4) is 0 Å². The van der Waals surface area contributed by atoms with Crippen molar-refractivity contribution in [3.05, 3.63) is 0 Å². The highest BCUT2D eigenvalue weighted by Crippen LogP contribution is 2.61. The van der Waals surface area contributed by atoms with Gasteiger partial charge in [0.2, 0.25) is 11.8 Å². The van der Waals surface area contributed by atoms with Crippen LogP contribution in [0.3, 0.4) is 0 Å². The van der Waals surface area contributed by atoms with Crippen LogP contribution in [0.2, 0.25) is 0 Å². The lowest BCUT2D eigenvalue weighted by Crippen LogP contribution is -2.53. The first-order valence-corrected chi connectivity index (χ1v) is 10.8. The van der Waals surface area contributed by atoms with Crippen molar-refractivity contribution < 1.29 is 9.59 Å². The fourth-order valence-corrected chi connectivity index (χ4v) is 6.92. The van der Waals surface area contributed by atoms with E-state index in [-0.39, 0.29) is 24.4 Å². The maximum Gasteiger partial charge on any atom is 0.223 e. The number of hydrogen-bond donors (Lipinski definition) is 2. The van der Waals surface area contributed by atoms with Gasteiger partial charge < -0.3 is 16.0 Å². The molecule has 4 saturated carbocycles. The van der Waals surface area contributed by atoms with E-state index in [0.29, 0.717) is 30.8 Å². The van der Waals surface area contributed by atoms with E-state index in [1.807, 2.05) is 0 Å². The monoisotopic (exact) mass is 397 g/mol. The molecule has 154 valence electrons. The summed E-state index contributed by atoms with van der Waals surface area (Å²) >= 11 is 0. The first kappa shape index (κ1) is 20.9. The number of piperidine rings is 1. The standard InChI is InChI=1S/C21H35N3O2.ClH/c22-5-4-19(25)23-14-18-3-1-2-6-24(18)20(26)13-21-10-15-7-16(11-21)9-17(8-15)12-21;/h15-18H,1-14,22H2,(H,23,25);1H. The number of likely N-dealkylation sites (tertiary alicyclic amines) is 1. The highest BCUT2D eigenvalue weighted by molar-refractivity contribution is 5.85. The summed E-state index contributed by atoms with van der Waals surface area (Å²) in [5.74, 6) is 3.03. The van der Waals surface area contributed by atoms with Crippen LogP contribution in [-0.4, -0.2) is 42.4 Å². The van der Waals surface area contributed by atoms with E-state index in [4.69, 9.17) is 5.73 Å². The third kappa shape index (κ3) is 4.61. The number of hydrogen-bond acceptors (Lipinski definition) is 3. The molecule has 0 spiro atoms. The van der Waals surface area contributed by atoms with Gasteiger partial charge in [-0.05, 0) is 81.0 Å². The number of rotatable bonds is 6. The van der Waals surface area contributed by atoms with Crippen LogP contribution in [0.25, 0.3) is 0 Å². The highest BCUT2D eigenvalue weighted by Gasteiger charge is 2.52. The normalized spacial score (nSPS) is 37.0. The second-order valence-electron chi connectivity index (χ2n) is 9.67. The van der Waals surface area contributed by atoms with Crippen molar-refractivity contribution >= 4 is 24.2 Å². The molecule has 27 heavy (non-hydrogen) atoms. The molecule has 5 fully saturated rings. The number of amides is 2. The van der Waals surface area contributed by atoms with E-state index in [9.17, 15) is 9.59 Å². The maximum atomic E-state index is 13.3. The minimum atomic E-state index is 0. The molecule has 1 heterocycles. The van der Waals surface area contributed by atoms with Crippen molar-refractivity contribution in [3.63, 3.8) is 0 Å². The van der Waals surface area contributed by atoms with Gasteiger partial charge in [-0.1, -0.05) is 0 Å². The molecule has 6 heteroatoms. The fraction of sp³-hybridized carbons (Fsp3) is 0.905. The Bertz CT molecular complexity index is 518. The molecule has 4 bridgehead atoms. The van der Waals surface area contributed by atoms with E-state index in [1.165, 1.54) is 38.5 Å². The van der Waals surface area contributed by atoms with Gasteiger partial charge in [-0.25, -0.2) is 0 Å². The summed E-state index contributed by atoms with van der Waals surface area (Å²) in [7, 11) is 0. The lowest BCUT2D eigenvalue weighted by atomic mass is 9.49. The molecular weight excluding hydrogens is 362 g/mol. The molecule has 0 aromatic rings. The number of nitrogens with zero attached hydrogens (tertiary/aromatic N) is 1. The van der Waals surface area contributed by atoms with Gasteiger partial charge in [-0.2, -0.15) is 0 Å². The van der Waals surface area contributed by atoms with Crippen LogP contribution in [0.4, 0.5) is 0 Å². The molecule has 4 aliphatic carbocycles. The topological polar surface area (TPSA) is 75.4 Å². The second kappa shape index (κ2) is 8.69. The summed E-state index contributed by atoms with van der Waals surface area (Å²) in [5, 5.41) is 2.98. The zero-order valence-electron chi connectivity index (χ0n) is 16.5. The lowest BCUT2D eigenvalue weighted by molar-refractivity contribution is -0.143. The SMILES string of the molecule is Cl.NCCC(=O)NCC1CCCCN1C(=O)CC12CC3CC(CC(C3)C1)C2. The average Bonchev–Trinajstić information content (AvgIpc) is 2.59. The molecule has 1 unspecified atom stereocenters. The molecule has 1 saturated heterocycles. The molecule has 0 aromatic carbocycles. The molecule has 0 radical (unpaired) electrons. The minimum Gasteiger partial charge on any atom is -0.354 e. The van der Waals surface area contributed by atoms with Gasteiger partial charge >= 0.3 is 0 Å². The molecule has 0 aromatic heterocycles. The Hall–Kier alpha value is -0.810. The van der Waals surface area contributed by atoms with Gasteiger partial charge in [0.25, 0.3) is 0 Å². The number of halogens is 1. The van der Waals surface area contributed by atoms with Crippen LogP contribution >= 0.6 is 12.4 Å². The summed E-state index contributed by atoms with van der Waals surface area (Å²) in [6.45, 7) is 1.83. The molecule has 5 rings (SSSR count). The molecule has 5 aliphatic rings. The van der Waals surface area contributed by atoms with Crippen LogP contribution in [0.5, 0.6) is 0 Å². The third-order valence-electron chi connectivity index (χ3n) is 7.55. The van der Waals surface area contributed by atoms with E-state index in [2.05, 4.69) is 10.2 Å². The van der Waals surface area contributed by atoms with Gasteiger partial charge in [0.05, 0.1) is 0 Å². The Labute approximate surface area is 169 Å². The molecule has 2 amide bonds. The van der Waals surface area contributed by atoms with E-state index in [1.54, 1.807) is 0 Å². The summed E-state index contributed by atoms with van der Waals surface area (Å²) in [4.78, 5) is 27.1. The molecule has 1 aliphatic heterocycles. The van der Waals surface area contributed by atoms with Crippen molar-refractivity contribution in [1.82, 2.24) is 10.2 Å². The third-order valence-corrected chi connectivity index (χ3v) is 7.55. The summed E-state index contributed by atoms with van der Waals surface area (Å²) in [6.07, 6.45) is 12.5. The Balaban J connectivity index is 0.00000210. The minimum absolute atomic E-state index is 0. The van der Waals surface area contributed by atoms with Crippen molar-refractivity contribution in [2.24, 2.45) is 28.9 Å². The van der Waals surface area contributed by atoms with Crippen molar-refractivity contribution in [1.29, 1.82) is 0 Å². The Morgan fingerprint density at radius 1 is 1.04 bits per heavy atom. The summed E-state index contributed by atoms with van der Waals surface area (Å²) in [5.41, 5.74) is 5.76. The van der Waals surface area contributed by atoms with Gasteiger partial charge in [0.15, 0.2) is 0 Å². The van der Waals surface area contributed by atoms with E-state index >= 15 is 0 Å². The average molecular weight is 398 g/mol. The number of nitrogens with two attached hydrogens (primary N) is 1. The fourth-order valence-electron chi connectivity index (χ4n) is 6.92. The van der Waals surface area contributed by atoms with Gasteiger partial charge in [0, 0.05) is 38.5 Å². The van der Waals surface area contributed by atoms with Crippen LogP contribution in [0.15, 0.2) is 0 Å². The van der Waals surface area contributed by atoms with E-state index < -0.39 is 0 Å². The van der Waals surface area contributed by atoms with E-state index in [0.717, 1.165) is 50.0 Å². The molecule has 1 atom stereocenters. The molecule has 3 N–H and O–H groups in total. The number of carbonyl (C=O) groups is 2. The van der Waals surface area contributed by atoms with Crippen molar-refractivity contribution in [2.45, 2.75) is 76.7 Å². The van der Waals surface area contributed by atoms with Gasteiger partial charge in [-0.3, -0.25) is 9.59 Å². The zero-order valence-corrected chi connectivity index (χ0v) is 17.3. The Kier molecular flexibility index (Phi) is 6.73. The predicted molar refractivity (Wildman–Crippen MR) is 109 cm³/mol. The lowest BCUT2D eigenvalue weighted by Gasteiger charge is -2.57. The number of nitrogens with one attached hydrogen (secondary N) is 1. The quantitative estimate of drug-likeness (QED) is 0.723. The number of carbonyl (C=O) groups excluding carboxylic acids is 2. The van der Waals surface area contributed by atoms with Crippen molar-refractivity contribution in [2.75, 3.05) is 19.6 Å². The zero-order chi connectivity index (χ0) is 18.1. The van der Waals surface area contributed by atoms with Crippen LogP contribution in [-0.2, 0) is 9.59 Å². The molecular formula is C21H36ClN3O2. The van der Waals surface area contributed by atoms with Crippen LogP contribution in [0, 0.1) is 23.2 Å². The molecule has 5 nitrogen and oxygen atoms in total. The summed E-state index contributed by atoms with van der Waals surface area (Å²) < 4.78 is 0. The van der Waals surface area contributed by atoms with Crippen LogP contribution in [0.1, 0.15) is 70.6 Å².